The van der Waals surface area contributed by atoms with Gasteiger partial charge in [-0.25, -0.2) is 0 Å². The molecule has 0 unspecified atom stereocenters. The van der Waals surface area contributed by atoms with E-state index in [-0.39, 0.29) is 0 Å². The van der Waals surface area contributed by atoms with Crippen LogP contribution in [0.2, 0.25) is 0 Å². The summed E-state index contributed by atoms with van der Waals surface area (Å²) < 4.78 is 0. The summed E-state index contributed by atoms with van der Waals surface area (Å²) in [5, 5.41) is 5.64. The smallest absolute Gasteiger partial charge is 0.0386 e. The lowest BCUT2D eigenvalue weighted by Gasteiger charge is -2.11. The molecule has 0 fully saturated rings. The minimum absolute atomic E-state index is 0.446. The first-order valence-corrected chi connectivity index (χ1v) is 6.40. The molecule has 0 radical (unpaired) electrons. The van der Waals surface area contributed by atoms with Gasteiger partial charge in [0, 0.05) is 23.3 Å². The van der Waals surface area contributed by atoms with Crippen LogP contribution in [0.3, 0.4) is 0 Å². The molecule has 16 heavy (non-hydrogen) atoms. The molecule has 0 aliphatic rings. The van der Waals surface area contributed by atoms with E-state index in [9.17, 15) is 0 Å². The van der Waals surface area contributed by atoms with Crippen molar-refractivity contribution in [2.45, 2.75) is 19.4 Å². The third-order valence-corrected chi connectivity index (χ3v) is 3.64. The molecule has 1 N–H and O–H groups in total. The highest BCUT2D eigenvalue weighted by Crippen LogP contribution is 2.17. The molecule has 2 aromatic heterocycles. The molecule has 0 saturated heterocycles. The number of aromatic nitrogens is 1. The summed E-state index contributed by atoms with van der Waals surface area (Å²) in [4.78, 5) is 5.41. The van der Waals surface area contributed by atoms with E-state index in [2.05, 4.69) is 46.9 Å². The molecule has 0 bridgehead atoms. The molecule has 0 aliphatic carbocycles. The number of hydrogen-bond acceptors (Lipinski definition) is 3. The number of nitrogens with zero attached hydrogens (tertiary/aromatic N) is 1. The van der Waals surface area contributed by atoms with Crippen LogP contribution in [-0.4, -0.2) is 11.5 Å². The summed E-state index contributed by atoms with van der Waals surface area (Å²) in [5.74, 6) is 0. The predicted molar refractivity (Wildman–Crippen MR) is 68.7 cm³/mol. The maximum Gasteiger partial charge on any atom is 0.0386 e. The van der Waals surface area contributed by atoms with Crippen molar-refractivity contribution in [3.05, 3.63) is 52.5 Å². The first kappa shape index (κ1) is 11.3. The molecule has 0 aliphatic heterocycles. The van der Waals surface area contributed by atoms with E-state index in [1.165, 1.54) is 10.4 Å². The van der Waals surface area contributed by atoms with Crippen molar-refractivity contribution in [3.8, 4) is 0 Å². The van der Waals surface area contributed by atoms with E-state index in [0.29, 0.717) is 6.04 Å². The average Bonchev–Trinajstić information content (AvgIpc) is 2.84. The van der Waals surface area contributed by atoms with Crippen LogP contribution in [0.1, 0.15) is 23.4 Å². The highest BCUT2D eigenvalue weighted by Gasteiger charge is 2.04. The minimum atomic E-state index is 0.446. The molecule has 0 amide bonds. The molecule has 2 rings (SSSR count). The zero-order chi connectivity index (χ0) is 11.2. The fourth-order valence-electron chi connectivity index (χ4n) is 1.62. The first-order valence-electron chi connectivity index (χ1n) is 5.52. The standard InChI is InChI=1S/C13H16N2S/c1-11(13-3-2-10-16-13)15-9-6-12-4-7-14-8-5-12/h2-5,7-8,10-11,15H,6,9H2,1H3/t11-/m0/s1. The second-order valence-corrected chi connectivity index (χ2v) is 4.78. The Kier molecular flexibility index (Phi) is 4.08. The molecule has 0 saturated carbocycles. The Labute approximate surface area is 100 Å². The quantitative estimate of drug-likeness (QED) is 0.857. The molecule has 1 atom stereocenters. The van der Waals surface area contributed by atoms with E-state index in [0.717, 1.165) is 13.0 Å². The van der Waals surface area contributed by atoms with Crippen molar-refractivity contribution in [2.75, 3.05) is 6.54 Å². The van der Waals surface area contributed by atoms with Crippen molar-refractivity contribution in [2.24, 2.45) is 0 Å². The second-order valence-electron chi connectivity index (χ2n) is 3.80. The van der Waals surface area contributed by atoms with E-state index in [1.807, 2.05) is 12.4 Å². The third kappa shape index (κ3) is 3.15. The van der Waals surface area contributed by atoms with Gasteiger partial charge in [0.15, 0.2) is 0 Å². The zero-order valence-corrected chi connectivity index (χ0v) is 10.2. The zero-order valence-electron chi connectivity index (χ0n) is 9.39. The Bertz CT molecular complexity index is 397. The first-order chi connectivity index (χ1) is 7.86. The summed E-state index contributed by atoms with van der Waals surface area (Å²) in [5.41, 5.74) is 1.33. The molecule has 2 heterocycles. The van der Waals surface area contributed by atoms with E-state index in [4.69, 9.17) is 0 Å². The van der Waals surface area contributed by atoms with Crippen LogP contribution in [0.4, 0.5) is 0 Å². The van der Waals surface area contributed by atoms with E-state index in [1.54, 1.807) is 11.3 Å². The molecular formula is C13H16N2S. The number of hydrogen-bond donors (Lipinski definition) is 1. The number of pyridine rings is 1. The van der Waals surface area contributed by atoms with Crippen LogP contribution in [0, 0.1) is 0 Å². The topological polar surface area (TPSA) is 24.9 Å². The van der Waals surface area contributed by atoms with Crippen LogP contribution < -0.4 is 5.32 Å². The summed E-state index contributed by atoms with van der Waals surface area (Å²) in [7, 11) is 0. The fourth-order valence-corrected chi connectivity index (χ4v) is 2.38. The number of thiophene rings is 1. The van der Waals surface area contributed by atoms with Gasteiger partial charge < -0.3 is 5.32 Å². The summed E-state index contributed by atoms with van der Waals surface area (Å²) >= 11 is 1.80. The van der Waals surface area contributed by atoms with Gasteiger partial charge in [0.05, 0.1) is 0 Å². The Morgan fingerprint density at radius 2 is 2.12 bits per heavy atom. The third-order valence-electron chi connectivity index (χ3n) is 2.58. The molecular weight excluding hydrogens is 216 g/mol. The lowest BCUT2D eigenvalue weighted by Crippen LogP contribution is -2.20. The normalized spacial score (nSPS) is 12.6. The van der Waals surface area contributed by atoms with Gasteiger partial charge >= 0.3 is 0 Å². The van der Waals surface area contributed by atoms with E-state index >= 15 is 0 Å². The monoisotopic (exact) mass is 232 g/mol. The van der Waals surface area contributed by atoms with Gasteiger partial charge in [-0.3, -0.25) is 4.98 Å². The van der Waals surface area contributed by atoms with Gasteiger partial charge in [-0.05, 0) is 49.0 Å². The van der Waals surface area contributed by atoms with Gasteiger partial charge in [-0.2, -0.15) is 0 Å². The van der Waals surface area contributed by atoms with Gasteiger partial charge in [-0.1, -0.05) is 6.07 Å². The van der Waals surface area contributed by atoms with Crippen molar-refractivity contribution in [1.29, 1.82) is 0 Å². The van der Waals surface area contributed by atoms with Gasteiger partial charge in [0.25, 0.3) is 0 Å². The predicted octanol–water partition coefficient (Wildman–Crippen LogP) is 3.04. The molecule has 2 nitrogen and oxygen atoms in total. The van der Waals surface area contributed by atoms with Crippen LogP contribution in [0.15, 0.2) is 42.0 Å². The van der Waals surface area contributed by atoms with Crippen molar-refractivity contribution < 1.29 is 0 Å². The molecule has 0 aromatic carbocycles. The Balaban J connectivity index is 1.76. The van der Waals surface area contributed by atoms with Crippen LogP contribution in [-0.2, 0) is 6.42 Å². The molecule has 3 heteroatoms. The van der Waals surface area contributed by atoms with E-state index < -0.39 is 0 Å². The Morgan fingerprint density at radius 3 is 2.81 bits per heavy atom. The molecule has 84 valence electrons. The summed E-state index contributed by atoms with van der Waals surface area (Å²) in [6.07, 6.45) is 4.74. The van der Waals surface area contributed by atoms with Crippen LogP contribution in [0.25, 0.3) is 0 Å². The maximum atomic E-state index is 4.01. The summed E-state index contributed by atoms with van der Waals surface area (Å²) in [6, 6.07) is 8.85. The van der Waals surface area contributed by atoms with Crippen molar-refractivity contribution >= 4 is 11.3 Å². The largest absolute Gasteiger partial charge is 0.309 e. The fraction of sp³-hybridized carbons (Fsp3) is 0.308. The van der Waals surface area contributed by atoms with Crippen LogP contribution in [0.5, 0.6) is 0 Å². The Hall–Kier alpha value is -1.19. The lowest BCUT2D eigenvalue weighted by atomic mass is 10.2. The maximum absolute atomic E-state index is 4.01. The van der Waals surface area contributed by atoms with Crippen LogP contribution >= 0.6 is 11.3 Å². The SMILES string of the molecule is C[C@H](NCCc1ccncc1)c1cccs1. The number of rotatable bonds is 5. The lowest BCUT2D eigenvalue weighted by molar-refractivity contribution is 0.584. The average molecular weight is 232 g/mol. The highest BCUT2D eigenvalue weighted by atomic mass is 32.1. The van der Waals surface area contributed by atoms with Crippen molar-refractivity contribution in [1.82, 2.24) is 10.3 Å². The minimum Gasteiger partial charge on any atom is -0.309 e. The molecule has 0 spiro atoms. The Morgan fingerprint density at radius 1 is 1.31 bits per heavy atom. The summed E-state index contributed by atoms with van der Waals surface area (Å²) in [6.45, 7) is 3.21. The highest BCUT2D eigenvalue weighted by molar-refractivity contribution is 7.10. The van der Waals surface area contributed by atoms with Gasteiger partial charge in [-0.15, -0.1) is 11.3 Å². The second kappa shape index (κ2) is 5.77. The van der Waals surface area contributed by atoms with Gasteiger partial charge in [0.2, 0.25) is 0 Å². The van der Waals surface area contributed by atoms with Gasteiger partial charge in [0.1, 0.15) is 0 Å². The molecule has 2 aromatic rings. The number of nitrogens with one attached hydrogen (secondary N) is 1. The van der Waals surface area contributed by atoms with Crippen molar-refractivity contribution in [3.63, 3.8) is 0 Å².